The SMILES string of the molecule is CC.CCNc1ccc(COC(=O)C(C)C)cc1OC1CC(O)CC(C(=O)NCCN(C)C)O1. The summed E-state index contributed by atoms with van der Waals surface area (Å²) in [5, 5.41) is 16.4. The lowest BCUT2D eigenvalue weighted by molar-refractivity contribution is -0.184. The molecule has 1 fully saturated rings. The van der Waals surface area contributed by atoms with E-state index in [0.717, 1.165) is 11.3 Å². The molecule has 2 rings (SSSR count). The van der Waals surface area contributed by atoms with Crippen molar-refractivity contribution in [2.24, 2.45) is 5.92 Å². The molecular weight excluding hydrogens is 438 g/mol. The lowest BCUT2D eigenvalue weighted by atomic mass is 10.0. The van der Waals surface area contributed by atoms with Gasteiger partial charge in [0.15, 0.2) is 0 Å². The summed E-state index contributed by atoms with van der Waals surface area (Å²) in [6.07, 6.45) is -1.81. The summed E-state index contributed by atoms with van der Waals surface area (Å²) in [6, 6.07) is 5.49. The lowest BCUT2D eigenvalue weighted by Crippen LogP contribution is -2.47. The van der Waals surface area contributed by atoms with E-state index in [0.29, 0.717) is 25.4 Å². The van der Waals surface area contributed by atoms with Gasteiger partial charge in [-0.05, 0) is 38.7 Å². The van der Waals surface area contributed by atoms with Crippen molar-refractivity contribution in [1.29, 1.82) is 0 Å². The Morgan fingerprint density at radius 1 is 1.24 bits per heavy atom. The Hall–Kier alpha value is -2.36. The second kappa shape index (κ2) is 15.5. The average molecular weight is 482 g/mol. The van der Waals surface area contributed by atoms with Gasteiger partial charge in [0.2, 0.25) is 12.2 Å². The molecule has 9 heteroatoms. The van der Waals surface area contributed by atoms with Gasteiger partial charge in [0.25, 0.3) is 0 Å². The number of aliphatic hydroxyl groups is 1. The summed E-state index contributed by atoms with van der Waals surface area (Å²) >= 11 is 0. The average Bonchev–Trinajstić information content (AvgIpc) is 2.79. The highest BCUT2D eigenvalue weighted by Crippen LogP contribution is 2.30. The molecule has 3 unspecified atom stereocenters. The zero-order chi connectivity index (χ0) is 25.7. The molecule has 1 saturated heterocycles. The Balaban J connectivity index is 0.00000281. The number of rotatable bonds is 11. The van der Waals surface area contributed by atoms with E-state index >= 15 is 0 Å². The standard InChI is InChI=1S/C23H37N3O6.C2H6/c1-6-24-18-8-7-16(14-30-23(29)15(2)3)11-19(18)31-21-13-17(27)12-20(32-21)22(28)25-9-10-26(4)5;1-2/h7-8,11,15,17,20-21,24,27H,6,9-10,12-14H2,1-5H3,(H,25,28);1-2H3. The van der Waals surface area contributed by atoms with E-state index in [-0.39, 0.29) is 37.2 Å². The molecule has 9 nitrogen and oxygen atoms in total. The molecule has 1 aliphatic rings. The van der Waals surface area contributed by atoms with Gasteiger partial charge in [-0.1, -0.05) is 33.8 Å². The summed E-state index contributed by atoms with van der Waals surface area (Å²) in [4.78, 5) is 26.2. The van der Waals surface area contributed by atoms with Crippen molar-refractivity contribution in [2.75, 3.05) is 39.0 Å². The monoisotopic (exact) mass is 481 g/mol. The highest BCUT2D eigenvalue weighted by Gasteiger charge is 2.34. The fourth-order valence-electron chi connectivity index (χ4n) is 3.17. The Bertz CT molecular complexity index is 756. The normalized spacial score (nSPS) is 19.8. The van der Waals surface area contributed by atoms with Crippen molar-refractivity contribution < 1.29 is 28.9 Å². The van der Waals surface area contributed by atoms with Crippen molar-refractivity contribution in [3.05, 3.63) is 23.8 Å². The Kier molecular flexibility index (Phi) is 13.5. The molecule has 0 spiro atoms. The summed E-state index contributed by atoms with van der Waals surface area (Å²) in [6.45, 7) is 11.6. The van der Waals surface area contributed by atoms with Gasteiger partial charge in [-0.15, -0.1) is 0 Å². The van der Waals surface area contributed by atoms with Crippen LogP contribution in [0.15, 0.2) is 18.2 Å². The molecule has 34 heavy (non-hydrogen) atoms. The van der Waals surface area contributed by atoms with Crippen LogP contribution in [0.4, 0.5) is 5.69 Å². The van der Waals surface area contributed by atoms with E-state index in [4.69, 9.17) is 14.2 Å². The molecular formula is C25H43N3O6. The molecule has 1 heterocycles. The van der Waals surface area contributed by atoms with Crippen LogP contribution in [0.5, 0.6) is 5.75 Å². The van der Waals surface area contributed by atoms with Crippen LogP contribution in [0, 0.1) is 5.92 Å². The Morgan fingerprint density at radius 3 is 2.56 bits per heavy atom. The van der Waals surface area contributed by atoms with E-state index in [1.807, 2.05) is 51.9 Å². The zero-order valence-corrected chi connectivity index (χ0v) is 21.7. The number of likely N-dealkylation sites (N-methyl/N-ethyl adjacent to an activating group) is 1. The molecule has 0 saturated carbocycles. The van der Waals surface area contributed by atoms with E-state index in [9.17, 15) is 14.7 Å². The van der Waals surface area contributed by atoms with E-state index in [1.54, 1.807) is 19.9 Å². The van der Waals surface area contributed by atoms with Gasteiger partial charge < -0.3 is 34.9 Å². The first kappa shape index (κ1) is 29.7. The number of anilines is 1. The summed E-state index contributed by atoms with van der Waals surface area (Å²) in [7, 11) is 3.85. The molecule has 0 aliphatic carbocycles. The summed E-state index contributed by atoms with van der Waals surface area (Å²) in [5.74, 6) is -0.231. The third-order valence-corrected chi connectivity index (χ3v) is 4.94. The molecule has 3 N–H and O–H groups in total. The molecule has 1 amide bonds. The van der Waals surface area contributed by atoms with Crippen molar-refractivity contribution in [3.63, 3.8) is 0 Å². The fourth-order valence-corrected chi connectivity index (χ4v) is 3.17. The van der Waals surface area contributed by atoms with Gasteiger partial charge in [0.1, 0.15) is 18.5 Å². The number of amides is 1. The largest absolute Gasteiger partial charge is 0.463 e. The molecule has 194 valence electrons. The minimum atomic E-state index is -0.788. The smallest absolute Gasteiger partial charge is 0.308 e. The Labute approximate surface area is 204 Å². The molecule has 0 bridgehead atoms. The van der Waals surface area contributed by atoms with Crippen LogP contribution in [0.25, 0.3) is 0 Å². The first-order valence-corrected chi connectivity index (χ1v) is 12.2. The molecule has 1 aromatic rings. The number of hydrogen-bond acceptors (Lipinski definition) is 8. The number of aliphatic hydroxyl groups excluding tert-OH is 1. The Morgan fingerprint density at radius 2 is 1.94 bits per heavy atom. The maximum Gasteiger partial charge on any atom is 0.308 e. The number of nitrogens with zero attached hydrogens (tertiary/aromatic N) is 1. The summed E-state index contributed by atoms with van der Waals surface area (Å²) in [5.41, 5.74) is 1.52. The maximum atomic E-state index is 12.5. The van der Waals surface area contributed by atoms with Crippen LogP contribution in [-0.4, -0.2) is 74.1 Å². The second-order valence-corrected chi connectivity index (χ2v) is 8.51. The van der Waals surface area contributed by atoms with Crippen LogP contribution in [0.1, 0.15) is 53.0 Å². The topological polar surface area (TPSA) is 109 Å². The van der Waals surface area contributed by atoms with Gasteiger partial charge in [0.05, 0.1) is 17.7 Å². The number of benzene rings is 1. The van der Waals surface area contributed by atoms with E-state index < -0.39 is 18.5 Å². The summed E-state index contributed by atoms with van der Waals surface area (Å²) < 4.78 is 17.2. The minimum absolute atomic E-state index is 0.130. The number of carbonyl (C=O) groups excluding carboxylic acids is 2. The van der Waals surface area contributed by atoms with Gasteiger partial charge in [0, 0.05) is 32.5 Å². The third kappa shape index (κ3) is 10.3. The first-order valence-electron chi connectivity index (χ1n) is 12.2. The van der Waals surface area contributed by atoms with Crippen molar-refractivity contribution >= 4 is 17.6 Å². The predicted molar refractivity (Wildman–Crippen MR) is 133 cm³/mol. The highest BCUT2D eigenvalue weighted by molar-refractivity contribution is 5.80. The first-order chi connectivity index (χ1) is 16.2. The van der Waals surface area contributed by atoms with Crippen molar-refractivity contribution in [3.8, 4) is 5.75 Å². The number of nitrogens with one attached hydrogen (secondary N) is 2. The fraction of sp³-hybridized carbons (Fsp3) is 0.680. The van der Waals surface area contributed by atoms with Gasteiger partial charge >= 0.3 is 5.97 Å². The van der Waals surface area contributed by atoms with E-state index in [2.05, 4.69) is 10.6 Å². The van der Waals surface area contributed by atoms with Crippen LogP contribution >= 0.6 is 0 Å². The van der Waals surface area contributed by atoms with Crippen LogP contribution in [0.2, 0.25) is 0 Å². The van der Waals surface area contributed by atoms with Crippen molar-refractivity contribution in [1.82, 2.24) is 10.2 Å². The second-order valence-electron chi connectivity index (χ2n) is 8.51. The maximum absolute atomic E-state index is 12.5. The van der Waals surface area contributed by atoms with Crippen molar-refractivity contribution in [2.45, 2.75) is 72.6 Å². The third-order valence-electron chi connectivity index (χ3n) is 4.94. The minimum Gasteiger partial charge on any atom is -0.463 e. The predicted octanol–water partition coefficient (Wildman–Crippen LogP) is 2.77. The lowest BCUT2D eigenvalue weighted by Gasteiger charge is -2.33. The molecule has 1 aliphatic heterocycles. The molecule has 3 atom stereocenters. The molecule has 1 aromatic carbocycles. The quantitative estimate of drug-likeness (QED) is 0.414. The van der Waals surface area contributed by atoms with Gasteiger partial charge in [-0.3, -0.25) is 9.59 Å². The number of hydrogen-bond donors (Lipinski definition) is 3. The molecule has 0 radical (unpaired) electrons. The van der Waals surface area contributed by atoms with E-state index in [1.165, 1.54) is 0 Å². The number of ether oxygens (including phenoxy) is 3. The van der Waals surface area contributed by atoms with Gasteiger partial charge in [-0.25, -0.2) is 0 Å². The number of esters is 1. The van der Waals surface area contributed by atoms with Gasteiger partial charge in [-0.2, -0.15) is 0 Å². The van der Waals surface area contributed by atoms with Crippen LogP contribution in [0.3, 0.4) is 0 Å². The van der Waals surface area contributed by atoms with Crippen LogP contribution in [-0.2, 0) is 25.7 Å². The van der Waals surface area contributed by atoms with Crippen LogP contribution < -0.4 is 15.4 Å². The number of carbonyl (C=O) groups is 2. The highest BCUT2D eigenvalue weighted by atomic mass is 16.7. The molecule has 0 aromatic heterocycles. The zero-order valence-electron chi connectivity index (χ0n) is 21.7.